The van der Waals surface area contributed by atoms with Crippen molar-refractivity contribution in [1.29, 1.82) is 0 Å². The molecule has 0 unspecified atom stereocenters. The zero-order valence-corrected chi connectivity index (χ0v) is 16.7. The predicted octanol–water partition coefficient (Wildman–Crippen LogP) is 3.06. The molecule has 0 aliphatic carbocycles. The molecule has 0 saturated heterocycles. The SMILES string of the molecule is COc1ccc(C(=O)OCC(=O)Nc2ccc(C(=O)OC(C)C)cc2)c(OC)c1. The third-order valence-electron chi connectivity index (χ3n) is 3.71. The van der Waals surface area contributed by atoms with E-state index >= 15 is 0 Å². The fourth-order valence-corrected chi connectivity index (χ4v) is 2.34. The smallest absolute Gasteiger partial charge is 0.342 e. The van der Waals surface area contributed by atoms with E-state index in [2.05, 4.69) is 5.32 Å². The molecule has 2 aromatic carbocycles. The number of esters is 2. The van der Waals surface area contributed by atoms with E-state index in [1.165, 1.54) is 32.4 Å². The molecule has 1 N–H and O–H groups in total. The third-order valence-corrected chi connectivity index (χ3v) is 3.71. The summed E-state index contributed by atoms with van der Waals surface area (Å²) in [5, 5.41) is 2.58. The van der Waals surface area contributed by atoms with Gasteiger partial charge in [0.25, 0.3) is 5.91 Å². The van der Waals surface area contributed by atoms with Gasteiger partial charge in [-0.3, -0.25) is 4.79 Å². The quantitative estimate of drug-likeness (QED) is 0.679. The number of amides is 1. The molecule has 0 heterocycles. The Bertz CT molecular complexity index is 875. The minimum atomic E-state index is -0.702. The maximum absolute atomic E-state index is 12.2. The van der Waals surface area contributed by atoms with E-state index < -0.39 is 24.5 Å². The Labute approximate surface area is 168 Å². The lowest BCUT2D eigenvalue weighted by Gasteiger charge is -2.11. The van der Waals surface area contributed by atoms with Gasteiger partial charge >= 0.3 is 11.9 Å². The first-order chi connectivity index (χ1) is 13.8. The van der Waals surface area contributed by atoms with Crippen LogP contribution in [0, 0.1) is 0 Å². The minimum absolute atomic E-state index is 0.175. The first-order valence-electron chi connectivity index (χ1n) is 8.84. The van der Waals surface area contributed by atoms with Crippen LogP contribution in [0.1, 0.15) is 34.6 Å². The summed E-state index contributed by atoms with van der Waals surface area (Å²) >= 11 is 0. The molecule has 154 valence electrons. The normalized spacial score (nSPS) is 10.2. The highest BCUT2D eigenvalue weighted by molar-refractivity contribution is 5.97. The Balaban J connectivity index is 1.91. The monoisotopic (exact) mass is 401 g/mol. The van der Waals surface area contributed by atoms with E-state index in [4.69, 9.17) is 18.9 Å². The molecule has 0 spiro atoms. The lowest BCUT2D eigenvalue weighted by Crippen LogP contribution is -2.21. The van der Waals surface area contributed by atoms with Gasteiger partial charge in [0, 0.05) is 11.8 Å². The van der Waals surface area contributed by atoms with Crippen LogP contribution in [0.4, 0.5) is 5.69 Å². The minimum Gasteiger partial charge on any atom is -0.497 e. The highest BCUT2D eigenvalue weighted by Crippen LogP contribution is 2.25. The van der Waals surface area contributed by atoms with Crippen molar-refractivity contribution < 1.29 is 33.3 Å². The Hall–Kier alpha value is -3.55. The van der Waals surface area contributed by atoms with Crippen LogP contribution in [0.15, 0.2) is 42.5 Å². The Kier molecular flexibility index (Phi) is 7.59. The zero-order chi connectivity index (χ0) is 21.4. The van der Waals surface area contributed by atoms with Crippen LogP contribution in [0.3, 0.4) is 0 Å². The molecule has 0 atom stereocenters. The molecule has 0 saturated carbocycles. The second-order valence-electron chi connectivity index (χ2n) is 6.22. The molecular weight excluding hydrogens is 378 g/mol. The molecule has 0 aromatic heterocycles. The highest BCUT2D eigenvalue weighted by Gasteiger charge is 2.16. The van der Waals surface area contributed by atoms with Gasteiger partial charge in [0.15, 0.2) is 6.61 Å². The number of ether oxygens (including phenoxy) is 4. The van der Waals surface area contributed by atoms with Crippen LogP contribution in [0.5, 0.6) is 11.5 Å². The number of rotatable bonds is 8. The first kappa shape index (κ1) is 21.7. The van der Waals surface area contributed by atoms with Crippen molar-refractivity contribution >= 4 is 23.5 Å². The number of benzene rings is 2. The van der Waals surface area contributed by atoms with Gasteiger partial charge in [-0.1, -0.05) is 0 Å². The number of hydrogen-bond donors (Lipinski definition) is 1. The lowest BCUT2D eigenvalue weighted by atomic mass is 10.2. The summed E-state index contributed by atoms with van der Waals surface area (Å²) in [6, 6.07) is 10.8. The standard InChI is InChI=1S/C21H23NO7/c1-13(2)29-20(24)14-5-7-15(8-6-14)22-19(23)12-28-21(25)17-10-9-16(26-3)11-18(17)27-4/h5-11,13H,12H2,1-4H3,(H,22,23). The van der Waals surface area contributed by atoms with Gasteiger partial charge < -0.3 is 24.3 Å². The number of nitrogens with one attached hydrogen (secondary N) is 1. The molecule has 0 fully saturated rings. The maximum atomic E-state index is 12.2. The van der Waals surface area contributed by atoms with Crippen molar-refractivity contribution in [1.82, 2.24) is 0 Å². The lowest BCUT2D eigenvalue weighted by molar-refractivity contribution is -0.119. The topological polar surface area (TPSA) is 100 Å². The van der Waals surface area contributed by atoms with Crippen molar-refractivity contribution in [2.75, 3.05) is 26.1 Å². The van der Waals surface area contributed by atoms with Crippen molar-refractivity contribution in [3.63, 3.8) is 0 Å². The molecule has 2 aromatic rings. The second kappa shape index (κ2) is 10.1. The molecular formula is C21H23NO7. The molecule has 8 nitrogen and oxygen atoms in total. The van der Waals surface area contributed by atoms with Crippen LogP contribution in [-0.4, -0.2) is 44.8 Å². The summed E-state index contributed by atoms with van der Waals surface area (Å²) in [5.74, 6) is -0.870. The van der Waals surface area contributed by atoms with Crippen molar-refractivity contribution in [2.45, 2.75) is 20.0 Å². The molecule has 2 rings (SSSR count). The van der Waals surface area contributed by atoms with E-state index in [0.717, 1.165) is 0 Å². The van der Waals surface area contributed by atoms with Gasteiger partial charge in [-0.15, -0.1) is 0 Å². The summed E-state index contributed by atoms with van der Waals surface area (Å²) in [5.41, 5.74) is 0.998. The largest absolute Gasteiger partial charge is 0.497 e. The number of methoxy groups -OCH3 is 2. The van der Waals surface area contributed by atoms with E-state index in [1.54, 1.807) is 38.1 Å². The van der Waals surface area contributed by atoms with Crippen molar-refractivity contribution in [3.8, 4) is 11.5 Å². The Morgan fingerprint density at radius 1 is 0.931 bits per heavy atom. The predicted molar refractivity (Wildman–Crippen MR) is 105 cm³/mol. The van der Waals surface area contributed by atoms with Gasteiger partial charge in [-0.25, -0.2) is 9.59 Å². The van der Waals surface area contributed by atoms with Crippen molar-refractivity contribution in [2.24, 2.45) is 0 Å². The Morgan fingerprint density at radius 3 is 2.21 bits per heavy atom. The Morgan fingerprint density at radius 2 is 1.62 bits per heavy atom. The number of carbonyl (C=O) groups is 3. The average Bonchev–Trinajstić information content (AvgIpc) is 2.71. The molecule has 0 radical (unpaired) electrons. The summed E-state index contributed by atoms with van der Waals surface area (Å²) in [6.45, 7) is 3.04. The molecule has 0 aliphatic rings. The molecule has 8 heteroatoms. The zero-order valence-electron chi connectivity index (χ0n) is 16.7. The number of anilines is 1. The van der Waals surface area contributed by atoms with Crippen LogP contribution >= 0.6 is 0 Å². The number of carbonyl (C=O) groups excluding carboxylic acids is 3. The summed E-state index contributed by atoms with van der Waals surface area (Å²) in [7, 11) is 2.91. The van der Waals surface area contributed by atoms with E-state index in [0.29, 0.717) is 17.0 Å². The van der Waals surface area contributed by atoms with Gasteiger partial charge in [0.05, 0.1) is 25.9 Å². The van der Waals surface area contributed by atoms with E-state index in [-0.39, 0.29) is 17.4 Å². The van der Waals surface area contributed by atoms with Crippen LogP contribution in [0.25, 0.3) is 0 Å². The average molecular weight is 401 g/mol. The fourth-order valence-electron chi connectivity index (χ4n) is 2.34. The third kappa shape index (κ3) is 6.24. The van der Waals surface area contributed by atoms with Gasteiger partial charge in [0.2, 0.25) is 0 Å². The summed E-state index contributed by atoms with van der Waals surface area (Å²) in [4.78, 5) is 36.1. The van der Waals surface area contributed by atoms with E-state index in [9.17, 15) is 14.4 Å². The number of hydrogen-bond acceptors (Lipinski definition) is 7. The van der Waals surface area contributed by atoms with E-state index in [1.807, 2.05) is 0 Å². The fraction of sp³-hybridized carbons (Fsp3) is 0.286. The van der Waals surface area contributed by atoms with Crippen LogP contribution < -0.4 is 14.8 Å². The maximum Gasteiger partial charge on any atom is 0.342 e. The molecule has 1 amide bonds. The van der Waals surface area contributed by atoms with Gasteiger partial charge in [-0.05, 0) is 50.2 Å². The summed E-state index contributed by atoms with van der Waals surface area (Å²) < 4.78 is 20.4. The van der Waals surface area contributed by atoms with Gasteiger partial charge in [0.1, 0.15) is 17.1 Å². The van der Waals surface area contributed by atoms with Crippen molar-refractivity contribution in [3.05, 3.63) is 53.6 Å². The van der Waals surface area contributed by atoms with Crippen LogP contribution in [-0.2, 0) is 14.3 Å². The first-order valence-corrected chi connectivity index (χ1v) is 8.84. The summed E-state index contributed by atoms with van der Waals surface area (Å²) in [6.07, 6.45) is -0.221. The molecule has 29 heavy (non-hydrogen) atoms. The molecule has 0 bridgehead atoms. The van der Waals surface area contributed by atoms with Gasteiger partial charge in [-0.2, -0.15) is 0 Å². The highest BCUT2D eigenvalue weighted by atomic mass is 16.5. The second-order valence-corrected chi connectivity index (χ2v) is 6.22. The van der Waals surface area contributed by atoms with Crippen LogP contribution in [0.2, 0.25) is 0 Å². The molecule has 0 aliphatic heterocycles.